The van der Waals surface area contributed by atoms with Gasteiger partial charge in [-0.1, -0.05) is 31.2 Å². The lowest BCUT2D eigenvalue weighted by Gasteiger charge is -2.12. The fraction of sp³-hybridized carbons (Fsp3) is 0.333. The average molecular weight is 286 g/mol. The highest BCUT2D eigenvalue weighted by Gasteiger charge is 2.09. The van der Waals surface area contributed by atoms with E-state index >= 15 is 0 Å². The van der Waals surface area contributed by atoms with Crippen LogP contribution in [0.1, 0.15) is 30.6 Å². The molecule has 0 aromatic heterocycles. The number of aliphatic hydroxyl groups is 1. The number of aliphatic hydroxyl groups excluding tert-OH is 1. The third kappa shape index (κ3) is 4.50. The van der Waals surface area contributed by atoms with Gasteiger partial charge in [-0.05, 0) is 41.8 Å². The molecule has 3 nitrogen and oxygen atoms in total. The largest absolute Gasteiger partial charge is 0.497 e. The molecule has 1 N–H and O–H groups in total. The summed E-state index contributed by atoms with van der Waals surface area (Å²) in [5.74, 6) is 1.67. The van der Waals surface area contributed by atoms with Crippen LogP contribution < -0.4 is 9.47 Å². The minimum absolute atomic E-state index is 0.515. The second-order valence-corrected chi connectivity index (χ2v) is 4.99. The van der Waals surface area contributed by atoms with Crippen molar-refractivity contribution in [2.45, 2.75) is 25.9 Å². The Bertz CT molecular complexity index is 531. The Balaban J connectivity index is 1.96. The van der Waals surface area contributed by atoms with Crippen LogP contribution in [0.15, 0.2) is 48.5 Å². The summed E-state index contributed by atoms with van der Waals surface area (Å²) in [4.78, 5) is 0. The van der Waals surface area contributed by atoms with Gasteiger partial charge < -0.3 is 14.6 Å². The lowest BCUT2D eigenvalue weighted by atomic mass is 10.0. The first-order valence-electron chi connectivity index (χ1n) is 7.26. The van der Waals surface area contributed by atoms with Gasteiger partial charge in [-0.25, -0.2) is 0 Å². The molecule has 1 unspecified atom stereocenters. The topological polar surface area (TPSA) is 38.7 Å². The monoisotopic (exact) mass is 286 g/mol. The number of hydrogen-bond donors (Lipinski definition) is 1. The van der Waals surface area contributed by atoms with Gasteiger partial charge in [0.1, 0.15) is 11.5 Å². The van der Waals surface area contributed by atoms with E-state index in [2.05, 4.69) is 6.92 Å². The Labute approximate surface area is 126 Å². The predicted molar refractivity (Wildman–Crippen MR) is 83.9 cm³/mol. The van der Waals surface area contributed by atoms with Crippen LogP contribution in [0, 0.1) is 0 Å². The van der Waals surface area contributed by atoms with Crippen LogP contribution in [0.2, 0.25) is 0 Å². The van der Waals surface area contributed by atoms with Crippen molar-refractivity contribution in [2.75, 3.05) is 13.7 Å². The van der Waals surface area contributed by atoms with Gasteiger partial charge in [-0.15, -0.1) is 0 Å². The van der Waals surface area contributed by atoms with Crippen LogP contribution in [0.4, 0.5) is 0 Å². The normalized spacial score (nSPS) is 12.0. The minimum Gasteiger partial charge on any atom is -0.497 e. The van der Waals surface area contributed by atoms with Crippen molar-refractivity contribution >= 4 is 0 Å². The van der Waals surface area contributed by atoms with E-state index in [0.717, 1.165) is 29.0 Å². The maximum absolute atomic E-state index is 10.3. The number of rotatable bonds is 7. The summed E-state index contributed by atoms with van der Waals surface area (Å²) in [6, 6.07) is 15.4. The second-order valence-electron chi connectivity index (χ2n) is 4.99. The Kier molecular flexibility index (Phi) is 5.64. The lowest BCUT2D eigenvalue weighted by molar-refractivity contribution is 0.178. The Morgan fingerprint density at radius 3 is 2.14 bits per heavy atom. The van der Waals surface area contributed by atoms with Gasteiger partial charge in [0.25, 0.3) is 0 Å². The molecule has 2 rings (SSSR count). The molecule has 21 heavy (non-hydrogen) atoms. The Morgan fingerprint density at radius 1 is 0.952 bits per heavy atom. The molecule has 112 valence electrons. The van der Waals surface area contributed by atoms with E-state index < -0.39 is 6.10 Å². The Morgan fingerprint density at radius 2 is 1.57 bits per heavy atom. The van der Waals surface area contributed by atoms with Crippen molar-refractivity contribution in [3.63, 3.8) is 0 Å². The highest BCUT2D eigenvalue weighted by molar-refractivity contribution is 5.31. The molecular weight excluding hydrogens is 264 g/mol. The van der Waals surface area contributed by atoms with Crippen LogP contribution in [-0.2, 0) is 6.42 Å². The highest BCUT2D eigenvalue weighted by atomic mass is 16.5. The maximum atomic E-state index is 10.3. The summed E-state index contributed by atoms with van der Waals surface area (Å²) in [6.45, 7) is 2.79. The van der Waals surface area contributed by atoms with Gasteiger partial charge >= 0.3 is 0 Å². The number of methoxy groups -OCH3 is 1. The van der Waals surface area contributed by atoms with Crippen molar-refractivity contribution in [1.29, 1.82) is 0 Å². The molecule has 0 fully saturated rings. The molecule has 2 aromatic carbocycles. The zero-order valence-electron chi connectivity index (χ0n) is 12.6. The zero-order valence-corrected chi connectivity index (χ0v) is 12.6. The summed E-state index contributed by atoms with van der Waals surface area (Å²) < 4.78 is 10.7. The molecule has 0 aliphatic rings. The van der Waals surface area contributed by atoms with E-state index in [1.54, 1.807) is 7.11 Å². The third-order valence-electron chi connectivity index (χ3n) is 3.33. The molecule has 3 heteroatoms. The van der Waals surface area contributed by atoms with E-state index in [9.17, 15) is 5.11 Å². The first-order chi connectivity index (χ1) is 10.2. The number of ether oxygens (including phenoxy) is 2. The first-order valence-corrected chi connectivity index (χ1v) is 7.26. The van der Waals surface area contributed by atoms with Crippen LogP contribution in [-0.4, -0.2) is 18.8 Å². The summed E-state index contributed by atoms with van der Waals surface area (Å²) in [5.41, 5.74) is 1.98. The Hall–Kier alpha value is -2.00. The summed E-state index contributed by atoms with van der Waals surface area (Å²) in [6.07, 6.45) is 1.06. The van der Waals surface area contributed by atoms with Gasteiger partial charge in [0.15, 0.2) is 0 Å². The van der Waals surface area contributed by atoms with Crippen LogP contribution in [0.3, 0.4) is 0 Å². The molecule has 2 aromatic rings. The van der Waals surface area contributed by atoms with E-state index in [1.165, 1.54) is 0 Å². The lowest BCUT2D eigenvalue weighted by Crippen LogP contribution is -2.02. The van der Waals surface area contributed by atoms with Crippen molar-refractivity contribution in [3.05, 3.63) is 59.7 Å². The fourth-order valence-corrected chi connectivity index (χ4v) is 2.11. The van der Waals surface area contributed by atoms with Crippen molar-refractivity contribution < 1.29 is 14.6 Å². The van der Waals surface area contributed by atoms with Crippen LogP contribution in [0.5, 0.6) is 11.5 Å². The SMILES string of the molecule is CCCOc1ccc(C(O)Cc2ccc(OC)cc2)cc1. The van der Waals surface area contributed by atoms with E-state index in [0.29, 0.717) is 13.0 Å². The van der Waals surface area contributed by atoms with Gasteiger partial charge in [0.05, 0.1) is 19.8 Å². The fourth-order valence-electron chi connectivity index (χ4n) is 2.11. The highest BCUT2D eigenvalue weighted by Crippen LogP contribution is 2.22. The molecule has 0 spiro atoms. The van der Waals surface area contributed by atoms with E-state index in [-0.39, 0.29) is 0 Å². The molecule has 0 aliphatic heterocycles. The van der Waals surface area contributed by atoms with Gasteiger partial charge in [0, 0.05) is 6.42 Å². The summed E-state index contributed by atoms with van der Waals surface area (Å²) in [7, 11) is 1.64. The smallest absolute Gasteiger partial charge is 0.119 e. The quantitative estimate of drug-likeness (QED) is 0.842. The standard InChI is InChI=1S/C18H22O3/c1-3-12-21-17-10-6-15(7-11-17)18(19)13-14-4-8-16(20-2)9-5-14/h4-11,18-19H,3,12-13H2,1-2H3. The summed E-state index contributed by atoms with van der Waals surface area (Å²) >= 11 is 0. The van der Waals surface area contributed by atoms with Crippen LogP contribution >= 0.6 is 0 Å². The van der Waals surface area contributed by atoms with Gasteiger partial charge in [0.2, 0.25) is 0 Å². The molecular formula is C18H22O3. The van der Waals surface area contributed by atoms with Crippen LogP contribution in [0.25, 0.3) is 0 Å². The van der Waals surface area contributed by atoms with E-state index in [1.807, 2.05) is 48.5 Å². The third-order valence-corrected chi connectivity index (χ3v) is 3.33. The van der Waals surface area contributed by atoms with Crippen molar-refractivity contribution in [2.24, 2.45) is 0 Å². The molecule has 0 saturated carbocycles. The molecule has 0 amide bonds. The minimum atomic E-state index is -0.515. The predicted octanol–water partition coefficient (Wildman–Crippen LogP) is 3.76. The van der Waals surface area contributed by atoms with Gasteiger partial charge in [-0.2, -0.15) is 0 Å². The maximum Gasteiger partial charge on any atom is 0.119 e. The van der Waals surface area contributed by atoms with Gasteiger partial charge in [-0.3, -0.25) is 0 Å². The van der Waals surface area contributed by atoms with Crippen molar-refractivity contribution in [3.8, 4) is 11.5 Å². The first kappa shape index (κ1) is 15.4. The number of hydrogen-bond acceptors (Lipinski definition) is 3. The van der Waals surface area contributed by atoms with E-state index in [4.69, 9.17) is 9.47 Å². The second kappa shape index (κ2) is 7.70. The summed E-state index contributed by atoms with van der Waals surface area (Å²) in [5, 5.41) is 10.3. The molecule has 0 radical (unpaired) electrons. The molecule has 1 atom stereocenters. The van der Waals surface area contributed by atoms with Crippen molar-refractivity contribution in [1.82, 2.24) is 0 Å². The molecule has 0 aliphatic carbocycles. The molecule has 0 saturated heterocycles. The molecule has 0 bridgehead atoms. The zero-order chi connectivity index (χ0) is 15.1. The number of benzene rings is 2. The average Bonchev–Trinajstić information content (AvgIpc) is 2.54. The molecule has 0 heterocycles.